The van der Waals surface area contributed by atoms with Crippen molar-refractivity contribution in [1.82, 2.24) is 15.4 Å². The summed E-state index contributed by atoms with van der Waals surface area (Å²) >= 11 is 0. The largest absolute Gasteiger partial charge is 0.381 e. The van der Waals surface area contributed by atoms with Gasteiger partial charge in [0.2, 0.25) is 0 Å². The molecule has 1 aliphatic heterocycles. The van der Waals surface area contributed by atoms with Gasteiger partial charge in [0, 0.05) is 25.8 Å². The van der Waals surface area contributed by atoms with E-state index in [4.69, 9.17) is 9.26 Å². The van der Waals surface area contributed by atoms with Crippen molar-refractivity contribution >= 4 is 0 Å². The van der Waals surface area contributed by atoms with Crippen molar-refractivity contribution in [1.29, 1.82) is 0 Å². The Hall–Kier alpha value is -0.910. The Kier molecular flexibility index (Phi) is 6.67. The first-order valence-corrected chi connectivity index (χ1v) is 8.05. The Balaban J connectivity index is 1.70. The van der Waals surface area contributed by atoms with Crippen molar-refractivity contribution in [2.45, 2.75) is 39.8 Å². The first-order chi connectivity index (χ1) is 10.1. The van der Waals surface area contributed by atoms with E-state index < -0.39 is 0 Å². The van der Waals surface area contributed by atoms with Crippen LogP contribution in [-0.4, -0.2) is 43.4 Å². The molecule has 120 valence electrons. The molecule has 0 radical (unpaired) electrons. The average Bonchev–Trinajstić information content (AvgIpc) is 2.86. The molecular formula is C16H29N3O2. The number of aromatic nitrogens is 1. The van der Waals surface area contributed by atoms with E-state index in [-0.39, 0.29) is 0 Å². The van der Waals surface area contributed by atoms with E-state index in [0.717, 1.165) is 50.8 Å². The lowest BCUT2D eigenvalue weighted by Crippen LogP contribution is -2.30. The van der Waals surface area contributed by atoms with Gasteiger partial charge in [-0.15, -0.1) is 0 Å². The van der Waals surface area contributed by atoms with Gasteiger partial charge in [-0.05, 0) is 38.3 Å². The molecule has 21 heavy (non-hydrogen) atoms. The number of ether oxygens (including phenoxy) is 1. The zero-order valence-corrected chi connectivity index (χ0v) is 13.6. The van der Waals surface area contributed by atoms with Gasteiger partial charge in [0.25, 0.3) is 0 Å². The molecule has 0 aliphatic carbocycles. The highest BCUT2D eigenvalue weighted by Gasteiger charge is 2.17. The summed E-state index contributed by atoms with van der Waals surface area (Å²) in [5.41, 5.74) is 0.986. The molecule has 0 saturated carbocycles. The molecule has 5 heteroatoms. The van der Waals surface area contributed by atoms with Gasteiger partial charge in [-0.1, -0.05) is 19.0 Å². The van der Waals surface area contributed by atoms with Crippen LogP contribution in [0.4, 0.5) is 0 Å². The molecule has 2 heterocycles. The van der Waals surface area contributed by atoms with E-state index in [1.807, 2.05) is 0 Å². The predicted molar refractivity (Wildman–Crippen MR) is 82.9 cm³/mol. The lowest BCUT2D eigenvalue weighted by molar-refractivity contribution is 0.0401. The Morgan fingerprint density at radius 2 is 2.33 bits per heavy atom. The second-order valence-electron chi connectivity index (χ2n) is 6.59. The zero-order valence-electron chi connectivity index (χ0n) is 13.6. The highest BCUT2D eigenvalue weighted by atomic mass is 16.5. The maximum atomic E-state index is 5.53. The first-order valence-electron chi connectivity index (χ1n) is 8.05. The molecule has 1 saturated heterocycles. The summed E-state index contributed by atoms with van der Waals surface area (Å²) in [5.74, 6) is 2.25. The van der Waals surface area contributed by atoms with Gasteiger partial charge in [0.05, 0.1) is 18.8 Å². The molecule has 1 unspecified atom stereocenters. The van der Waals surface area contributed by atoms with E-state index in [9.17, 15) is 0 Å². The molecule has 0 amide bonds. The number of hydrogen-bond acceptors (Lipinski definition) is 5. The topological polar surface area (TPSA) is 50.5 Å². The zero-order chi connectivity index (χ0) is 15.1. The molecule has 5 nitrogen and oxygen atoms in total. The number of nitrogens with one attached hydrogen (secondary N) is 1. The summed E-state index contributed by atoms with van der Waals surface area (Å²) < 4.78 is 10.9. The minimum atomic E-state index is 0.652. The van der Waals surface area contributed by atoms with Crippen LogP contribution in [0.15, 0.2) is 10.6 Å². The summed E-state index contributed by atoms with van der Waals surface area (Å²) in [6.07, 6.45) is 2.46. The normalized spacial score (nSPS) is 19.6. The molecule has 2 rings (SSSR count). The Labute approximate surface area is 128 Å². The minimum absolute atomic E-state index is 0.652. The van der Waals surface area contributed by atoms with E-state index in [1.54, 1.807) is 0 Å². The van der Waals surface area contributed by atoms with Crippen molar-refractivity contribution in [3.8, 4) is 0 Å². The van der Waals surface area contributed by atoms with E-state index in [2.05, 4.69) is 42.3 Å². The summed E-state index contributed by atoms with van der Waals surface area (Å²) in [6.45, 7) is 9.87. The Morgan fingerprint density at radius 3 is 3.05 bits per heavy atom. The Morgan fingerprint density at radius 1 is 1.48 bits per heavy atom. The van der Waals surface area contributed by atoms with Crippen molar-refractivity contribution in [3.63, 3.8) is 0 Å². The van der Waals surface area contributed by atoms with Gasteiger partial charge in [-0.25, -0.2) is 0 Å². The molecule has 0 bridgehead atoms. The second kappa shape index (κ2) is 8.51. The fourth-order valence-corrected chi connectivity index (χ4v) is 2.73. The highest BCUT2D eigenvalue weighted by Crippen LogP contribution is 2.15. The van der Waals surface area contributed by atoms with E-state index in [0.29, 0.717) is 11.8 Å². The summed E-state index contributed by atoms with van der Waals surface area (Å²) in [4.78, 5) is 2.30. The third kappa shape index (κ3) is 6.16. The molecule has 1 aromatic heterocycles. The maximum absolute atomic E-state index is 5.53. The third-order valence-electron chi connectivity index (χ3n) is 3.72. The van der Waals surface area contributed by atoms with Crippen LogP contribution in [0, 0.1) is 11.8 Å². The van der Waals surface area contributed by atoms with Crippen LogP contribution in [-0.2, 0) is 17.8 Å². The van der Waals surface area contributed by atoms with Crippen LogP contribution < -0.4 is 5.32 Å². The van der Waals surface area contributed by atoms with E-state index >= 15 is 0 Å². The van der Waals surface area contributed by atoms with Crippen LogP contribution in [0.2, 0.25) is 0 Å². The van der Waals surface area contributed by atoms with Crippen molar-refractivity contribution in [2.75, 3.05) is 33.4 Å². The summed E-state index contributed by atoms with van der Waals surface area (Å²) in [7, 11) is 2.13. The number of hydrogen-bond donors (Lipinski definition) is 1. The van der Waals surface area contributed by atoms with Crippen LogP contribution in [0.25, 0.3) is 0 Å². The average molecular weight is 295 g/mol. The quantitative estimate of drug-likeness (QED) is 0.797. The smallest absolute Gasteiger partial charge is 0.151 e. The van der Waals surface area contributed by atoms with Gasteiger partial charge in [-0.3, -0.25) is 4.90 Å². The fraction of sp³-hybridized carbons (Fsp3) is 0.812. The van der Waals surface area contributed by atoms with Gasteiger partial charge < -0.3 is 14.6 Å². The van der Waals surface area contributed by atoms with Crippen molar-refractivity contribution in [2.24, 2.45) is 11.8 Å². The SMILES string of the molecule is CC(C)CNCc1cc(CN(C)CC2CCCOC2)on1. The molecule has 1 atom stereocenters. The monoisotopic (exact) mass is 295 g/mol. The van der Waals surface area contributed by atoms with Gasteiger partial charge in [-0.2, -0.15) is 0 Å². The minimum Gasteiger partial charge on any atom is -0.381 e. The maximum Gasteiger partial charge on any atom is 0.151 e. The first kappa shape index (κ1) is 16.5. The molecule has 1 N–H and O–H groups in total. The van der Waals surface area contributed by atoms with Crippen LogP contribution in [0.5, 0.6) is 0 Å². The highest BCUT2D eigenvalue weighted by molar-refractivity contribution is 5.05. The number of rotatable bonds is 8. The predicted octanol–water partition coefficient (Wildman–Crippen LogP) is 2.28. The molecule has 0 aromatic carbocycles. The fourth-order valence-electron chi connectivity index (χ4n) is 2.73. The lowest BCUT2D eigenvalue weighted by atomic mass is 10.0. The summed E-state index contributed by atoms with van der Waals surface area (Å²) in [6, 6.07) is 2.06. The van der Waals surface area contributed by atoms with Gasteiger partial charge >= 0.3 is 0 Å². The molecular weight excluding hydrogens is 266 g/mol. The standard InChI is InChI=1S/C16H29N3O2/c1-13(2)8-17-9-15-7-16(21-18-15)11-19(3)10-14-5-4-6-20-12-14/h7,13-14,17H,4-6,8-12H2,1-3H3. The van der Waals surface area contributed by atoms with Crippen molar-refractivity contribution in [3.05, 3.63) is 17.5 Å². The number of nitrogens with zero attached hydrogens (tertiary/aromatic N) is 2. The van der Waals surface area contributed by atoms with Crippen LogP contribution in [0.1, 0.15) is 38.1 Å². The lowest BCUT2D eigenvalue weighted by Gasteiger charge is -2.26. The van der Waals surface area contributed by atoms with Gasteiger partial charge in [0.15, 0.2) is 5.76 Å². The van der Waals surface area contributed by atoms with E-state index in [1.165, 1.54) is 12.8 Å². The molecule has 1 fully saturated rings. The molecule has 0 spiro atoms. The third-order valence-corrected chi connectivity index (χ3v) is 3.72. The van der Waals surface area contributed by atoms with Crippen LogP contribution in [0.3, 0.4) is 0 Å². The van der Waals surface area contributed by atoms with Crippen molar-refractivity contribution < 1.29 is 9.26 Å². The molecule has 1 aromatic rings. The second-order valence-corrected chi connectivity index (χ2v) is 6.59. The molecule has 1 aliphatic rings. The Bertz CT molecular complexity index is 400. The summed E-state index contributed by atoms with van der Waals surface area (Å²) in [5, 5.41) is 7.50. The van der Waals surface area contributed by atoms with Gasteiger partial charge in [0.1, 0.15) is 0 Å². The van der Waals surface area contributed by atoms with Crippen LogP contribution >= 0.6 is 0 Å².